The summed E-state index contributed by atoms with van der Waals surface area (Å²) in [6, 6.07) is 10.2. The number of carbonyl (C=O) groups excluding carboxylic acids is 1. The molecular formula is C18H21ClN2O5S. The van der Waals surface area contributed by atoms with Crippen LogP contribution in [-0.2, 0) is 14.8 Å². The van der Waals surface area contributed by atoms with Gasteiger partial charge >= 0.3 is 0 Å². The lowest BCUT2D eigenvalue weighted by atomic mass is 10.2. The minimum absolute atomic E-state index is 0.202. The summed E-state index contributed by atoms with van der Waals surface area (Å²) in [6.45, 7) is 1.49. The van der Waals surface area contributed by atoms with E-state index >= 15 is 0 Å². The number of hydrogen-bond acceptors (Lipinski definition) is 5. The lowest BCUT2D eigenvalue weighted by Gasteiger charge is -2.29. The summed E-state index contributed by atoms with van der Waals surface area (Å²) < 4.78 is 36.4. The maximum absolute atomic E-state index is 12.7. The van der Waals surface area contributed by atoms with Gasteiger partial charge in [-0.2, -0.15) is 0 Å². The monoisotopic (exact) mass is 412 g/mol. The van der Waals surface area contributed by atoms with Crippen LogP contribution in [0.3, 0.4) is 0 Å². The normalized spacial score (nSPS) is 12.2. The molecule has 0 fully saturated rings. The topological polar surface area (TPSA) is 84.9 Å². The first-order valence-electron chi connectivity index (χ1n) is 7.95. The Balaban J connectivity index is 2.43. The number of halogens is 1. The fraction of sp³-hybridized carbons (Fsp3) is 0.278. The van der Waals surface area contributed by atoms with Crippen LogP contribution in [0.15, 0.2) is 42.5 Å². The van der Waals surface area contributed by atoms with Crippen LogP contribution in [0.25, 0.3) is 0 Å². The first kappa shape index (κ1) is 20.9. The minimum Gasteiger partial charge on any atom is -0.497 e. The van der Waals surface area contributed by atoms with Crippen molar-refractivity contribution in [1.82, 2.24) is 0 Å². The first-order valence-corrected chi connectivity index (χ1v) is 10.2. The van der Waals surface area contributed by atoms with E-state index in [1.807, 2.05) is 0 Å². The van der Waals surface area contributed by atoms with Crippen molar-refractivity contribution in [3.63, 3.8) is 0 Å². The largest absolute Gasteiger partial charge is 0.497 e. The highest BCUT2D eigenvalue weighted by Crippen LogP contribution is 2.35. The highest BCUT2D eigenvalue weighted by Gasteiger charge is 2.31. The van der Waals surface area contributed by atoms with Crippen LogP contribution < -0.4 is 19.1 Å². The minimum atomic E-state index is -3.81. The molecule has 0 aromatic heterocycles. The Morgan fingerprint density at radius 3 is 2.41 bits per heavy atom. The highest BCUT2D eigenvalue weighted by atomic mass is 35.5. The number of rotatable bonds is 7. The van der Waals surface area contributed by atoms with Crippen LogP contribution in [0.4, 0.5) is 11.4 Å². The quantitative estimate of drug-likeness (QED) is 0.755. The molecule has 146 valence electrons. The number of ether oxygens (including phenoxy) is 2. The van der Waals surface area contributed by atoms with Gasteiger partial charge in [-0.15, -0.1) is 0 Å². The molecule has 0 radical (unpaired) electrons. The molecule has 27 heavy (non-hydrogen) atoms. The van der Waals surface area contributed by atoms with Gasteiger partial charge in [0.05, 0.1) is 26.2 Å². The smallest absolute Gasteiger partial charge is 0.247 e. The molecule has 0 unspecified atom stereocenters. The van der Waals surface area contributed by atoms with Crippen molar-refractivity contribution in [2.75, 3.05) is 30.1 Å². The number of benzene rings is 2. The second-order valence-electron chi connectivity index (χ2n) is 5.77. The summed E-state index contributed by atoms with van der Waals surface area (Å²) in [7, 11) is -0.926. The lowest BCUT2D eigenvalue weighted by Crippen LogP contribution is -2.45. The van der Waals surface area contributed by atoms with Gasteiger partial charge in [0, 0.05) is 16.8 Å². The predicted octanol–water partition coefficient (Wildman–Crippen LogP) is 3.15. The van der Waals surface area contributed by atoms with E-state index in [0.717, 1.165) is 10.6 Å². The molecule has 0 saturated heterocycles. The fourth-order valence-electron chi connectivity index (χ4n) is 2.56. The van der Waals surface area contributed by atoms with Gasteiger partial charge < -0.3 is 14.8 Å². The zero-order valence-corrected chi connectivity index (χ0v) is 17.0. The van der Waals surface area contributed by atoms with E-state index in [4.69, 9.17) is 21.1 Å². The van der Waals surface area contributed by atoms with Crippen LogP contribution in [0.1, 0.15) is 6.92 Å². The van der Waals surface area contributed by atoms with E-state index in [0.29, 0.717) is 22.2 Å². The van der Waals surface area contributed by atoms with E-state index in [2.05, 4.69) is 5.32 Å². The fourth-order valence-corrected chi connectivity index (χ4v) is 3.92. The molecule has 0 aliphatic rings. The highest BCUT2D eigenvalue weighted by molar-refractivity contribution is 7.92. The van der Waals surface area contributed by atoms with Crippen molar-refractivity contribution in [3.8, 4) is 11.5 Å². The second kappa shape index (κ2) is 8.49. The number of hydrogen-bond donors (Lipinski definition) is 1. The SMILES string of the molecule is COc1ccc(OC)c(N([C@H](C)C(=O)Nc2cccc(Cl)c2)S(C)(=O)=O)c1. The van der Waals surface area contributed by atoms with Gasteiger partial charge in [-0.3, -0.25) is 9.10 Å². The standard InChI is InChI=1S/C18H21ClN2O5S/c1-12(18(22)20-14-7-5-6-13(19)10-14)21(27(4,23)24)16-11-15(25-2)8-9-17(16)26-3/h5-12H,1-4H3,(H,20,22)/t12-/m1/s1. The Morgan fingerprint density at radius 2 is 1.85 bits per heavy atom. The van der Waals surface area contributed by atoms with Gasteiger partial charge in [0.1, 0.15) is 17.5 Å². The Bertz CT molecular complexity index is 933. The molecule has 1 atom stereocenters. The van der Waals surface area contributed by atoms with Crippen molar-refractivity contribution in [2.24, 2.45) is 0 Å². The molecular weight excluding hydrogens is 392 g/mol. The Morgan fingerprint density at radius 1 is 1.15 bits per heavy atom. The molecule has 1 amide bonds. The molecule has 0 aliphatic heterocycles. The Kier molecular flexibility index (Phi) is 6.56. The van der Waals surface area contributed by atoms with Crippen molar-refractivity contribution in [2.45, 2.75) is 13.0 Å². The van der Waals surface area contributed by atoms with Crippen molar-refractivity contribution in [1.29, 1.82) is 0 Å². The zero-order chi connectivity index (χ0) is 20.2. The third-order valence-corrected chi connectivity index (χ3v) is 5.27. The summed E-state index contributed by atoms with van der Waals surface area (Å²) >= 11 is 5.92. The molecule has 1 N–H and O–H groups in total. The third kappa shape index (κ3) is 5.05. The van der Waals surface area contributed by atoms with Crippen molar-refractivity contribution in [3.05, 3.63) is 47.5 Å². The first-order chi connectivity index (χ1) is 12.7. The molecule has 9 heteroatoms. The van der Waals surface area contributed by atoms with E-state index in [1.54, 1.807) is 36.4 Å². The molecule has 2 rings (SSSR count). The van der Waals surface area contributed by atoms with Gasteiger partial charge in [-0.05, 0) is 37.3 Å². The molecule has 7 nitrogen and oxygen atoms in total. The maximum Gasteiger partial charge on any atom is 0.247 e. The molecule has 0 heterocycles. The van der Waals surface area contributed by atoms with Crippen LogP contribution in [0.2, 0.25) is 5.02 Å². The summed E-state index contributed by atoms with van der Waals surface area (Å²) in [5.74, 6) is 0.207. The van der Waals surface area contributed by atoms with Gasteiger partial charge in [-0.1, -0.05) is 17.7 Å². The number of nitrogens with zero attached hydrogens (tertiary/aromatic N) is 1. The number of nitrogens with one attached hydrogen (secondary N) is 1. The van der Waals surface area contributed by atoms with E-state index < -0.39 is 22.0 Å². The third-order valence-electron chi connectivity index (χ3n) is 3.80. The summed E-state index contributed by atoms with van der Waals surface area (Å²) in [5.41, 5.74) is 0.665. The van der Waals surface area contributed by atoms with Crippen LogP contribution in [0.5, 0.6) is 11.5 Å². The van der Waals surface area contributed by atoms with Gasteiger partial charge in [0.2, 0.25) is 15.9 Å². The summed E-state index contributed by atoms with van der Waals surface area (Å²) in [4.78, 5) is 12.7. The van der Waals surface area contributed by atoms with Crippen LogP contribution >= 0.6 is 11.6 Å². The molecule has 0 saturated carbocycles. The van der Waals surface area contributed by atoms with Crippen LogP contribution in [0, 0.1) is 0 Å². The van der Waals surface area contributed by atoms with Gasteiger partial charge in [0.25, 0.3) is 0 Å². The lowest BCUT2D eigenvalue weighted by molar-refractivity contribution is -0.116. The second-order valence-corrected chi connectivity index (χ2v) is 8.07. The van der Waals surface area contributed by atoms with E-state index in [9.17, 15) is 13.2 Å². The average molecular weight is 413 g/mol. The molecule has 0 spiro atoms. The molecule has 0 bridgehead atoms. The number of sulfonamides is 1. The number of methoxy groups -OCH3 is 2. The van der Waals surface area contributed by atoms with E-state index in [-0.39, 0.29) is 5.69 Å². The predicted molar refractivity (Wildman–Crippen MR) is 106 cm³/mol. The molecule has 2 aromatic carbocycles. The van der Waals surface area contributed by atoms with Crippen molar-refractivity contribution >= 4 is 38.9 Å². The summed E-state index contributed by atoms with van der Waals surface area (Å²) in [5, 5.41) is 3.12. The van der Waals surface area contributed by atoms with Gasteiger partial charge in [0.15, 0.2) is 0 Å². The van der Waals surface area contributed by atoms with Gasteiger partial charge in [-0.25, -0.2) is 8.42 Å². The summed E-state index contributed by atoms with van der Waals surface area (Å²) in [6.07, 6.45) is 1.02. The zero-order valence-electron chi connectivity index (χ0n) is 15.4. The number of anilines is 2. The Labute approximate surface area is 163 Å². The molecule has 2 aromatic rings. The van der Waals surface area contributed by atoms with Crippen molar-refractivity contribution < 1.29 is 22.7 Å². The number of amides is 1. The van der Waals surface area contributed by atoms with Crippen LogP contribution in [-0.4, -0.2) is 40.8 Å². The number of carbonyl (C=O) groups is 1. The molecule has 0 aliphatic carbocycles. The average Bonchev–Trinajstić information content (AvgIpc) is 2.60. The Hall–Kier alpha value is -2.45. The van der Waals surface area contributed by atoms with E-state index in [1.165, 1.54) is 27.2 Å². The maximum atomic E-state index is 12.7.